The Morgan fingerprint density at radius 2 is 2.27 bits per heavy atom. The Morgan fingerprint density at radius 3 is 2.87 bits per heavy atom. The molecule has 0 heterocycles. The molecule has 4 heteroatoms. The van der Waals surface area contributed by atoms with E-state index >= 15 is 0 Å². The molecular weight excluding hydrogens is 215 g/mol. The largest absolute Gasteiger partial charge is 0.271 e. The minimum Gasteiger partial charge on any atom is -0.271 e. The normalized spacial score (nSPS) is 12.7. The fourth-order valence-corrected chi connectivity index (χ4v) is 1.67. The van der Waals surface area contributed by atoms with Gasteiger partial charge in [0.05, 0.1) is 0 Å². The van der Waals surface area contributed by atoms with Crippen molar-refractivity contribution in [3.63, 3.8) is 0 Å². The maximum Gasteiger partial charge on any atom is 0.123 e. The highest BCUT2D eigenvalue weighted by atomic mass is 35.5. The van der Waals surface area contributed by atoms with Crippen LogP contribution in [0.2, 0.25) is 0 Å². The lowest BCUT2D eigenvalue weighted by atomic mass is 10.0. The Morgan fingerprint density at radius 1 is 1.47 bits per heavy atom. The van der Waals surface area contributed by atoms with Gasteiger partial charge in [-0.2, -0.15) is 0 Å². The van der Waals surface area contributed by atoms with Crippen LogP contribution in [0.1, 0.15) is 18.4 Å². The van der Waals surface area contributed by atoms with E-state index in [1.807, 2.05) is 6.07 Å². The molecule has 84 valence electrons. The molecule has 15 heavy (non-hydrogen) atoms. The van der Waals surface area contributed by atoms with Crippen LogP contribution in [0.15, 0.2) is 24.3 Å². The molecule has 2 nitrogen and oxygen atoms in total. The van der Waals surface area contributed by atoms with E-state index < -0.39 is 0 Å². The molecular formula is C11H16ClFN2. The van der Waals surface area contributed by atoms with Crippen molar-refractivity contribution in [1.82, 2.24) is 5.43 Å². The molecule has 0 radical (unpaired) electrons. The van der Waals surface area contributed by atoms with Gasteiger partial charge in [-0.15, -0.1) is 11.6 Å². The summed E-state index contributed by atoms with van der Waals surface area (Å²) in [5.74, 6) is 5.83. The van der Waals surface area contributed by atoms with Gasteiger partial charge in [0.2, 0.25) is 0 Å². The van der Waals surface area contributed by atoms with Crippen LogP contribution in [-0.2, 0) is 6.42 Å². The van der Waals surface area contributed by atoms with E-state index in [9.17, 15) is 4.39 Å². The van der Waals surface area contributed by atoms with E-state index in [2.05, 4.69) is 5.43 Å². The van der Waals surface area contributed by atoms with Crippen molar-refractivity contribution in [2.45, 2.75) is 25.3 Å². The van der Waals surface area contributed by atoms with Crippen molar-refractivity contribution >= 4 is 11.6 Å². The van der Waals surface area contributed by atoms with E-state index in [0.29, 0.717) is 5.88 Å². The predicted molar refractivity (Wildman–Crippen MR) is 61.2 cm³/mol. The van der Waals surface area contributed by atoms with E-state index in [-0.39, 0.29) is 11.9 Å². The lowest BCUT2D eigenvalue weighted by Gasteiger charge is -2.15. The number of alkyl halides is 1. The topological polar surface area (TPSA) is 38.0 Å². The molecule has 0 spiro atoms. The van der Waals surface area contributed by atoms with Crippen molar-refractivity contribution in [3.8, 4) is 0 Å². The van der Waals surface area contributed by atoms with Crippen molar-refractivity contribution in [3.05, 3.63) is 35.6 Å². The maximum atomic E-state index is 12.9. The molecule has 0 aromatic heterocycles. The first-order valence-electron chi connectivity index (χ1n) is 5.03. The molecule has 1 unspecified atom stereocenters. The van der Waals surface area contributed by atoms with Crippen LogP contribution in [0.25, 0.3) is 0 Å². The maximum absolute atomic E-state index is 12.9. The lowest BCUT2D eigenvalue weighted by Crippen LogP contribution is -2.36. The van der Waals surface area contributed by atoms with Crippen LogP contribution in [0.4, 0.5) is 4.39 Å². The summed E-state index contributed by atoms with van der Waals surface area (Å²) in [5, 5.41) is 0. The zero-order chi connectivity index (χ0) is 11.1. The van der Waals surface area contributed by atoms with Crippen molar-refractivity contribution in [2.24, 2.45) is 5.84 Å². The molecule has 0 saturated carbocycles. The first-order valence-corrected chi connectivity index (χ1v) is 5.56. The highest BCUT2D eigenvalue weighted by Crippen LogP contribution is 2.09. The summed E-state index contributed by atoms with van der Waals surface area (Å²) < 4.78 is 12.9. The Hall–Kier alpha value is -0.640. The van der Waals surface area contributed by atoms with Crippen LogP contribution in [0.5, 0.6) is 0 Å². The standard InChI is InChI=1S/C11H16ClFN2/c12-6-2-5-11(15-14)8-9-3-1-4-10(13)7-9/h1,3-4,7,11,15H,2,5-6,8,14H2. The monoisotopic (exact) mass is 230 g/mol. The minimum absolute atomic E-state index is 0.158. The number of hydrazine groups is 1. The van der Waals surface area contributed by atoms with Crippen LogP contribution in [0, 0.1) is 5.82 Å². The highest BCUT2D eigenvalue weighted by molar-refractivity contribution is 6.17. The number of halogens is 2. The molecule has 0 aliphatic rings. The van der Waals surface area contributed by atoms with Gasteiger partial charge in [0.1, 0.15) is 5.82 Å². The van der Waals surface area contributed by atoms with Crippen molar-refractivity contribution < 1.29 is 4.39 Å². The average Bonchev–Trinajstić information content (AvgIpc) is 2.24. The second-order valence-electron chi connectivity index (χ2n) is 3.53. The average molecular weight is 231 g/mol. The van der Waals surface area contributed by atoms with Gasteiger partial charge < -0.3 is 0 Å². The molecule has 3 N–H and O–H groups in total. The van der Waals surface area contributed by atoms with Gasteiger partial charge in [-0.25, -0.2) is 4.39 Å². The third-order valence-corrected chi connectivity index (χ3v) is 2.56. The second kappa shape index (κ2) is 6.77. The van der Waals surface area contributed by atoms with Crippen molar-refractivity contribution in [1.29, 1.82) is 0 Å². The Kier molecular flexibility index (Phi) is 5.61. The summed E-state index contributed by atoms with van der Waals surface area (Å²) in [7, 11) is 0. The molecule has 0 amide bonds. The molecule has 0 bridgehead atoms. The van der Waals surface area contributed by atoms with E-state index in [0.717, 1.165) is 24.8 Å². The number of nitrogens with two attached hydrogens (primary N) is 1. The number of hydrogen-bond acceptors (Lipinski definition) is 2. The van der Waals surface area contributed by atoms with E-state index in [1.165, 1.54) is 12.1 Å². The molecule has 0 fully saturated rings. The quantitative estimate of drug-likeness (QED) is 0.447. The fourth-order valence-electron chi connectivity index (χ4n) is 1.52. The van der Waals surface area contributed by atoms with Gasteiger partial charge >= 0.3 is 0 Å². The molecule has 1 aromatic carbocycles. The first kappa shape index (κ1) is 12.4. The number of hydrogen-bond donors (Lipinski definition) is 2. The summed E-state index contributed by atoms with van der Waals surface area (Å²) in [6.45, 7) is 0. The Bertz CT molecular complexity index is 294. The zero-order valence-electron chi connectivity index (χ0n) is 8.55. The Balaban J connectivity index is 2.50. The minimum atomic E-state index is -0.208. The highest BCUT2D eigenvalue weighted by Gasteiger charge is 2.07. The third kappa shape index (κ3) is 4.60. The Labute approximate surface area is 94.6 Å². The van der Waals surface area contributed by atoms with Gasteiger partial charge in [-0.1, -0.05) is 12.1 Å². The smallest absolute Gasteiger partial charge is 0.123 e. The fraction of sp³-hybridized carbons (Fsp3) is 0.455. The number of rotatable bonds is 6. The van der Waals surface area contributed by atoms with Crippen LogP contribution in [-0.4, -0.2) is 11.9 Å². The van der Waals surface area contributed by atoms with Crippen LogP contribution < -0.4 is 11.3 Å². The van der Waals surface area contributed by atoms with E-state index in [1.54, 1.807) is 6.07 Å². The van der Waals surface area contributed by atoms with Crippen LogP contribution >= 0.6 is 11.6 Å². The summed E-state index contributed by atoms with van der Waals surface area (Å²) in [4.78, 5) is 0. The van der Waals surface area contributed by atoms with Gasteiger partial charge in [-0.3, -0.25) is 11.3 Å². The predicted octanol–water partition coefficient (Wildman–Crippen LogP) is 2.22. The summed E-state index contributed by atoms with van der Waals surface area (Å²) in [5.41, 5.74) is 3.68. The first-order chi connectivity index (χ1) is 7.26. The van der Waals surface area contributed by atoms with Crippen molar-refractivity contribution in [2.75, 3.05) is 5.88 Å². The van der Waals surface area contributed by atoms with Gasteiger partial charge in [-0.05, 0) is 37.0 Å². The van der Waals surface area contributed by atoms with E-state index in [4.69, 9.17) is 17.4 Å². The summed E-state index contributed by atoms with van der Waals surface area (Å²) >= 11 is 5.60. The third-order valence-electron chi connectivity index (χ3n) is 2.29. The number of benzene rings is 1. The van der Waals surface area contributed by atoms with Crippen LogP contribution in [0.3, 0.4) is 0 Å². The summed E-state index contributed by atoms with van der Waals surface area (Å²) in [6.07, 6.45) is 2.54. The SMILES string of the molecule is NNC(CCCCl)Cc1cccc(F)c1. The van der Waals surface area contributed by atoms with Gasteiger partial charge in [0.15, 0.2) is 0 Å². The molecule has 0 aliphatic heterocycles. The summed E-state index contributed by atoms with van der Waals surface area (Å²) in [6, 6.07) is 6.73. The second-order valence-corrected chi connectivity index (χ2v) is 3.91. The molecule has 1 rings (SSSR count). The molecule has 1 aromatic rings. The molecule has 0 saturated heterocycles. The van der Waals surface area contributed by atoms with Gasteiger partial charge in [0.25, 0.3) is 0 Å². The van der Waals surface area contributed by atoms with Gasteiger partial charge in [0, 0.05) is 11.9 Å². The molecule has 1 atom stereocenters. The molecule has 0 aliphatic carbocycles. The lowest BCUT2D eigenvalue weighted by molar-refractivity contribution is 0.486. The number of nitrogens with one attached hydrogen (secondary N) is 1. The zero-order valence-corrected chi connectivity index (χ0v) is 9.30.